The fraction of sp³-hybridized carbons (Fsp3) is 0.400. The lowest BCUT2D eigenvalue weighted by atomic mass is 10.1. The Kier molecular flexibility index (Phi) is 6.21. The van der Waals surface area contributed by atoms with Crippen LogP contribution < -0.4 is 0 Å². The van der Waals surface area contributed by atoms with E-state index in [9.17, 15) is 0 Å². The molecule has 0 aromatic heterocycles. The van der Waals surface area contributed by atoms with Crippen LogP contribution in [0.1, 0.15) is 0 Å². The standard InChI is InChI=1S/C20H24N6O2/c1-5-19(21-23-25-9-13-27-14-10-25)6-2-17(1)18-3-7-20(8-4-18)22-24-26-11-15-28-16-12-26/h1-8H,9-16H2. The minimum Gasteiger partial charge on any atom is -0.378 e. The molecule has 8 heteroatoms. The summed E-state index contributed by atoms with van der Waals surface area (Å²) in [6.45, 7) is 5.99. The maximum atomic E-state index is 5.31. The quantitative estimate of drug-likeness (QED) is 0.735. The first kappa shape index (κ1) is 18.5. The van der Waals surface area contributed by atoms with Gasteiger partial charge < -0.3 is 9.47 Å². The van der Waals surface area contributed by atoms with Gasteiger partial charge >= 0.3 is 0 Å². The molecule has 2 aliphatic heterocycles. The van der Waals surface area contributed by atoms with Crippen LogP contribution in [0.2, 0.25) is 0 Å². The van der Waals surface area contributed by atoms with Crippen LogP contribution in [0.3, 0.4) is 0 Å². The molecule has 2 saturated heterocycles. The third-order valence-corrected chi connectivity index (χ3v) is 4.62. The summed E-state index contributed by atoms with van der Waals surface area (Å²) in [5, 5.41) is 21.0. The summed E-state index contributed by atoms with van der Waals surface area (Å²) in [6, 6.07) is 16.1. The molecule has 0 bridgehead atoms. The zero-order valence-corrected chi connectivity index (χ0v) is 15.8. The number of hydrogen-bond acceptors (Lipinski definition) is 6. The van der Waals surface area contributed by atoms with Gasteiger partial charge in [-0.1, -0.05) is 34.7 Å². The van der Waals surface area contributed by atoms with E-state index in [1.54, 1.807) is 0 Å². The second kappa shape index (κ2) is 9.38. The summed E-state index contributed by atoms with van der Waals surface area (Å²) >= 11 is 0. The van der Waals surface area contributed by atoms with Crippen molar-refractivity contribution >= 4 is 11.4 Å². The molecule has 0 amide bonds. The summed E-state index contributed by atoms with van der Waals surface area (Å²) < 4.78 is 10.6. The van der Waals surface area contributed by atoms with Crippen LogP contribution in [0, 0.1) is 0 Å². The zero-order valence-electron chi connectivity index (χ0n) is 15.8. The zero-order chi connectivity index (χ0) is 19.0. The molecule has 0 atom stereocenters. The Morgan fingerprint density at radius 3 is 1.25 bits per heavy atom. The van der Waals surface area contributed by atoms with Crippen molar-refractivity contribution < 1.29 is 9.47 Å². The van der Waals surface area contributed by atoms with E-state index in [0.717, 1.165) is 48.7 Å². The van der Waals surface area contributed by atoms with Crippen molar-refractivity contribution in [3.63, 3.8) is 0 Å². The van der Waals surface area contributed by atoms with Crippen molar-refractivity contribution in [3.05, 3.63) is 48.5 Å². The lowest BCUT2D eigenvalue weighted by Crippen LogP contribution is -2.31. The average Bonchev–Trinajstić information content (AvgIpc) is 2.78. The molecular weight excluding hydrogens is 356 g/mol. The molecule has 0 saturated carbocycles. The second-order valence-corrected chi connectivity index (χ2v) is 6.60. The van der Waals surface area contributed by atoms with E-state index in [-0.39, 0.29) is 0 Å². The molecular formula is C20H24N6O2. The highest BCUT2D eigenvalue weighted by Gasteiger charge is 2.08. The first-order valence-electron chi connectivity index (χ1n) is 9.56. The molecule has 0 unspecified atom stereocenters. The van der Waals surface area contributed by atoms with Crippen molar-refractivity contribution in [3.8, 4) is 11.1 Å². The number of nitrogens with zero attached hydrogens (tertiary/aromatic N) is 6. The van der Waals surface area contributed by atoms with E-state index >= 15 is 0 Å². The molecule has 2 heterocycles. The molecule has 2 aliphatic rings. The van der Waals surface area contributed by atoms with Crippen LogP contribution in [0.25, 0.3) is 11.1 Å². The van der Waals surface area contributed by atoms with Crippen molar-refractivity contribution in [2.45, 2.75) is 0 Å². The smallest absolute Gasteiger partial charge is 0.0874 e. The highest BCUT2D eigenvalue weighted by Crippen LogP contribution is 2.25. The topological polar surface area (TPSA) is 74.4 Å². The Balaban J connectivity index is 1.35. The maximum absolute atomic E-state index is 5.31. The third kappa shape index (κ3) is 5.11. The monoisotopic (exact) mass is 380 g/mol. The Labute approximate surface area is 164 Å². The van der Waals surface area contributed by atoms with Crippen molar-refractivity contribution in [2.75, 3.05) is 52.6 Å². The highest BCUT2D eigenvalue weighted by molar-refractivity contribution is 5.66. The van der Waals surface area contributed by atoms with Gasteiger partial charge in [-0.3, -0.25) is 10.0 Å². The summed E-state index contributed by atoms with van der Waals surface area (Å²) in [5.41, 5.74) is 3.93. The summed E-state index contributed by atoms with van der Waals surface area (Å²) in [7, 11) is 0. The highest BCUT2D eigenvalue weighted by atomic mass is 16.5. The Morgan fingerprint density at radius 2 is 0.893 bits per heavy atom. The Morgan fingerprint density at radius 1 is 0.536 bits per heavy atom. The van der Waals surface area contributed by atoms with E-state index in [1.165, 1.54) is 0 Å². The number of ether oxygens (including phenoxy) is 2. The lowest BCUT2D eigenvalue weighted by molar-refractivity contribution is 0.0353. The van der Waals surface area contributed by atoms with Gasteiger partial charge in [0.2, 0.25) is 0 Å². The fourth-order valence-electron chi connectivity index (χ4n) is 2.96. The van der Waals surface area contributed by atoms with Crippen LogP contribution in [0.5, 0.6) is 0 Å². The first-order valence-corrected chi connectivity index (χ1v) is 9.56. The van der Waals surface area contributed by atoms with Crippen molar-refractivity contribution in [1.29, 1.82) is 0 Å². The summed E-state index contributed by atoms with van der Waals surface area (Å²) in [6.07, 6.45) is 0. The van der Waals surface area contributed by atoms with E-state index in [0.29, 0.717) is 26.4 Å². The number of benzene rings is 2. The maximum Gasteiger partial charge on any atom is 0.0874 e. The van der Waals surface area contributed by atoms with Crippen LogP contribution in [-0.4, -0.2) is 62.6 Å². The van der Waals surface area contributed by atoms with Gasteiger partial charge in [-0.2, -0.15) is 0 Å². The van der Waals surface area contributed by atoms with Gasteiger partial charge in [-0.15, -0.1) is 10.2 Å². The molecule has 2 aromatic rings. The SMILES string of the molecule is c1cc(-c2ccc(N=NN3CCOCC3)cc2)ccc1N=NN1CCOCC1. The van der Waals surface area contributed by atoms with Crippen molar-refractivity contribution in [2.24, 2.45) is 20.7 Å². The predicted octanol–water partition coefficient (Wildman–Crippen LogP) is 4.02. The summed E-state index contributed by atoms with van der Waals surface area (Å²) in [5.74, 6) is 0. The lowest BCUT2D eigenvalue weighted by Gasteiger charge is -2.22. The van der Waals surface area contributed by atoms with E-state index < -0.39 is 0 Å². The molecule has 4 rings (SSSR count). The largest absolute Gasteiger partial charge is 0.378 e. The number of hydrogen-bond donors (Lipinski definition) is 0. The Hall–Kier alpha value is -2.84. The van der Waals surface area contributed by atoms with Gasteiger partial charge in [0.15, 0.2) is 0 Å². The normalized spacial score (nSPS) is 18.3. The Bertz CT molecular complexity index is 725. The van der Waals surface area contributed by atoms with Crippen LogP contribution >= 0.6 is 0 Å². The number of morpholine rings is 2. The minimum atomic E-state index is 0.708. The molecule has 0 radical (unpaired) electrons. The molecule has 0 aliphatic carbocycles. The van der Waals surface area contributed by atoms with Gasteiger partial charge in [0.05, 0.1) is 64.0 Å². The average molecular weight is 380 g/mol. The first-order chi connectivity index (χ1) is 13.9. The molecule has 8 nitrogen and oxygen atoms in total. The van der Waals surface area contributed by atoms with Gasteiger partial charge in [-0.05, 0) is 35.4 Å². The van der Waals surface area contributed by atoms with Crippen LogP contribution in [0.15, 0.2) is 69.2 Å². The molecule has 0 spiro atoms. The second-order valence-electron chi connectivity index (χ2n) is 6.60. The molecule has 146 valence electrons. The van der Waals surface area contributed by atoms with Gasteiger partial charge in [0, 0.05) is 0 Å². The summed E-state index contributed by atoms with van der Waals surface area (Å²) in [4.78, 5) is 0. The van der Waals surface area contributed by atoms with Crippen LogP contribution in [0.4, 0.5) is 11.4 Å². The molecule has 2 fully saturated rings. The molecule has 0 N–H and O–H groups in total. The van der Waals surface area contributed by atoms with E-state index in [4.69, 9.17) is 9.47 Å². The minimum absolute atomic E-state index is 0.708. The fourth-order valence-corrected chi connectivity index (χ4v) is 2.96. The van der Waals surface area contributed by atoms with Gasteiger partial charge in [0.25, 0.3) is 0 Å². The predicted molar refractivity (Wildman–Crippen MR) is 106 cm³/mol. The van der Waals surface area contributed by atoms with Crippen molar-refractivity contribution in [1.82, 2.24) is 10.0 Å². The number of rotatable bonds is 5. The molecule has 28 heavy (non-hydrogen) atoms. The van der Waals surface area contributed by atoms with Crippen LogP contribution in [-0.2, 0) is 9.47 Å². The van der Waals surface area contributed by atoms with Gasteiger partial charge in [0.1, 0.15) is 0 Å². The third-order valence-electron chi connectivity index (χ3n) is 4.62. The van der Waals surface area contributed by atoms with E-state index in [2.05, 4.69) is 44.9 Å². The van der Waals surface area contributed by atoms with E-state index in [1.807, 2.05) is 34.3 Å². The molecule has 2 aromatic carbocycles. The van der Waals surface area contributed by atoms with Gasteiger partial charge in [-0.25, -0.2) is 0 Å².